The van der Waals surface area contributed by atoms with Crippen molar-refractivity contribution >= 4 is 12.0 Å². The Morgan fingerprint density at radius 2 is 2.07 bits per heavy atom. The van der Waals surface area contributed by atoms with Gasteiger partial charge in [0.05, 0.1) is 19.4 Å². The number of carbonyl (C=O) groups excluding carboxylic acids is 1. The fraction of sp³-hybridized carbons (Fsp3) is 0.182. The number of ether oxygens (including phenoxy) is 1. The van der Waals surface area contributed by atoms with Gasteiger partial charge in [-0.05, 0) is 49.4 Å². The van der Waals surface area contributed by atoms with Gasteiger partial charge in [0, 0.05) is 11.9 Å². The number of hydrogen-bond donors (Lipinski definition) is 1. The lowest BCUT2D eigenvalue weighted by Crippen LogP contribution is -2.23. The second-order valence-corrected chi connectivity index (χ2v) is 6.22. The smallest absolute Gasteiger partial charge is 0.262 e. The third kappa shape index (κ3) is 5.15. The molecule has 2 heterocycles. The van der Waals surface area contributed by atoms with Crippen LogP contribution in [0.3, 0.4) is 0 Å². The number of aryl methyl sites for hydroxylation is 1. The number of aromatic nitrogens is 1. The van der Waals surface area contributed by atoms with E-state index in [0.717, 1.165) is 11.4 Å². The summed E-state index contributed by atoms with van der Waals surface area (Å²) < 4.78 is 12.9. The van der Waals surface area contributed by atoms with Crippen molar-refractivity contribution in [1.29, 1.82) is 5.26 Å². The van der Waals surface area contributed by atoms with E-state index in [2.05, 4.69) is 5.32 Å². The Bertz CT molecular complexity index is 977. The zero-order chi connectivity index (χ0) is 19.8. The van der Waals surface area contributed by atoms with E-state index >= 15 is 0 Å². The van der Waals surface area contributed by atoms with Gasteiger partial charge < -0.3 is 19.0 Å². The molecule has 0 aliphatic rings. The van der Waals surface area contributed by atoms with Crippen LogP contribution in [-0.2, 0) is 17.9 Å². The molecule has 0 unspecified atom stereocenters. The average molecular weight is 375 g/mol. The van der Waals surface area contributed by atoms with E-state index in [9.17, 15) is 10.1 Å². The third-order valence-electron chi connectivity index (χ3n) is 4.15. The fourth-order valence-electron chi connectivity index (χ4n) is 2.63. The normalized spacial score (nSPS) is 11.1. The Balaban J connectivity index is 1.59. The molecule has 1 aromatic carbocycles. The molecule has 1 N–H and O–H groups in total. The van der Waals surface area contributed by atoms with Crippen molar-refractivity contribution in [3.8, 4) is 11.8 Å². The standard InChI is InChI=1S/C22H21N3O3/c1-17-6-8-20(9-7-17)28-13-11-25-10-2-4-19(25)14-18(15-23)22(26)24-16-21-5-3-12-27-21/h2-10,12,14H,11,13,16H2,1H3,(H,24,26)/b18-14+. The Labute approximate surface area is 163 Å². The number of furan rings is 1. The highest BCUT2D eigenvalue weighted by Crippen LogP contribution is 2.13. The summed E-state index contributed by atoms with van der Waals surface area (Å²) in [6.07, 6.45) is 5.00. The molecule has 0 aliphatic carbocycles. The average Bonchev–Trinajstić information content (AvgIpc) is 3.38. The van der Waals surface area contributed by atoms with Gasteiger partial charge in [0.2, 0.25) is 0 Å². The summed E-state index contributed by atoms with van der Waals surface area (Å²) in [6, 6.07) is 17.0. The van der Waals surface area contributed by atoms with Gasteiger partial charge in [0.25, 0.3) is 5.91 Å². The second kappa shape index (κ2) is 9.28. The van der Waals surface area contributed by atoms with Gasteiger partial charge in [-0.1, -0.05) is 17.7 Å². The first-order chi connectivity index (χ1) is 13.7. The molecule has 0 radical (unpaired) electrons. The number of hydrogen-bond acceptors (Lipinski definition) is 4. The maximum atomic E-state index is 12.3. The molecule has 6 nitrogen and oxygen atoms in total. The van der Waals surface area contributed by atoms with E-state index in [0.29, 0.717) is 18.9 Å². The zero-order valence-electron chi connectivity index (χ0n) is 15.6. The van der Waals surface area contributed by atoms with Crippen LogP contribution in [0.15, 0.2) is 71.0 Å². The predicted octanol–water partition coefficient (Wildman–Crippen LogP) is 3.69. The highest BCUT2D eigenvalue weighted by molar-refractivity contribution is 6.01. The largest absolute Gasteiger partial charge is 0.492 e. The second-order valence-electron chi connectivity index (χ2n) is 6.22. The molecule has 0 saturated heterocycles. The van der Waals surface area contributed by atoms with Gasteiger partial charge in [-0.25, -0.2) is 0 Å². The van der Waals surface area contributed by atoms with E-state index < -0.39 is 5.91 Å². The quantitative estimate of drug-likeness (QED) is 0.481. The lowest BCUT2D eigenvalue weighted by Gasteiger charge is -2.09. The summed E-state index contributed by atoms with van der Waals surface area (Å²) in [5.74, 6) is 0.995. The van der Waals surface area contributed by atoms with Crippen molar-refractivity contribution in [1.82, 2.24) is 9.88 Å². The predicted molar refractivity (Wildman–Crippen MR) is 105 cm³/mol. The molecule has 0 bridgehead atoms. The van der Waals surface area contributed by atoms with Crippen LogP contribution in [0, 0.1) is 18.3 Å². The summed E-state index contributed by atoms with van der Waals surface area (Å²) in [5, 5.41) is 12.0. The van der Waals surface area contributed by atoms with Gasteiger partial charge in [0.1, 0.15) is 29.8 Å². The summed E-state index contributed by atoms with van der Waals surface area (Å²) in [4.78, 5) is 12.3. The van der Waals surface area contributed by atoms with Crippen LogP contribution in [0.2, 0.25) is 0 Å². The van der Waals surface area contributed by atoms with E-state index in [-0.39, 0.29) is 12.1 Å². The van der Waals surface area contributed by atoms with Crippen molar-refractivity contribution in [3.63, 3.8) is 0 Å². The van der Waals surface area contributed by atoms with Crippen LogP contribution >= 0.6 is 0 Å². The van der Waals surface area contributed by atoms with Gasteiger partial charge in [0.15, 0.2) is 0 Å². The van der Waals surface area contributed by atoms with Crippen LogP contribution in [0.25, 0.3) is 6.08 Å². The lowest BCUT2D eigenvalue weighted by molar-refractivity contribution is -0.117. The van der Waals surface area contributed by atoms with Crippen molar-refractivity contribution in [3.05, 3.63) is 83.6 Å². The summed E-state index contributed by atoms with van der Waals surface area (Å²) in [7, 11) is 0. The molecule has 0 fully saturated rings. The molecule has 0 atom stereocenters. The topological polar surface area (TPSA) is 80.2 Å². The Hall–Kier alpha value is -3.72. The van der Waals surface area contributed by atoms with Crippen LogP contribution in [-0.4, -0.2) is 17.1 Å². The Morgan fingerprint density at radius 1 is 1.25 bits per heavy atom. The van der Waals surface area contributed by atoms with Crippen molar-refractivity contribution < 1.29 is 13.9 Å². The van der Waals surface area contributed by atoms with Crippen LogP contribution in [0.5, 0.6) is 5.75 Å². The van der Waals surface area contributed by atoms with E-state index in [1.165, 1.54) is 11.8 Å². The number of benzene rings is 1. The molecular formula is C22H21N3O3. The molecule has 2 aromatic heterocycles. The summed E-state index contributed by atoms with van der Waals surface area (Å²) in [5.41, 5.74) is 1.97. The van der Waals surface area contributed by atoms with E-state index in [1.54, 1.807) is 18.2 Å². The van der Waals surface area contributed by atoms with Crippen LogP contribution in [0.1, 0.15) is 17.0 Å². The van der Waals surface area contributed by atoms with Crippen LogP contribution < -0.4 is 10.1 Å². The molecule has 0 saturated carbocycles. The zero-order valence-corrected chi connectivity index (χ0v) is 15.6. The number of rotatable bonds is 8. The highest BCUT2D eigenvalue weighted by atomic mass is 16.5. The number of carbonyl (C=O) groups is 1. The molecule has 0 spiro atoms. The highest BCUT2D eigenvalue weighted by Gasteiger charge is 2.11. The molecular weight excluding hydrogens is 354 g/mol. The van der Waals surface area contributed by atoms with Gasteiger partial charge in [-0.15, -0.1) is 0 Å². The minimum atomic E-state index is -0.442. The molecule has 0 aliphatic heterocycles. The first-order valence-electron chi connectivity index (χ1n) is 8.92. The minimum Gasteiger partial charge on any atom is -0.492 e. The number of nitrogens with zero attached hydrogens (tertiary/aromatic N) is 2. The molecule has 3 aromatic rings. The molecule has 6 heteroatoms. The Kier molecular flexibility index (Phi) is 6.32. The van der Waals surface area contributed by atoms with Gasteiger partial charge in [-0.3, -0.25) is 4.79 Å². The van der Waals surface area contributed by atoms with Gasteiger partial charge in [-0.2, -0.15) is 5.26 Å². The number of amides is 1. The van der Waals surface area contributed by atoms with Crippen molar-refractivity contribution in [2.45, 2.75) is 20.0 Å². The van der Waals surface area contributed by atoms with Gasteiger partial charge >= 0.3 is 0 Å². The first-order valence-corrected chi connectivity index (χ1v) is 8.92. The maximum Gasteiger partial charge on any atom is 0.262 e. The minimum absolute atomic E-state index is 0.0333. The fourth-order valence-corrected chi connectivity index (χ4v) is 2.63. The SMILES string of the molecule is Cc1ccc(OCCn2cccc2/C=C(\C#N)C(=O)NCc2ccco2)cc1. The summed E-state index contributed by atoms with van der Waals surface area (Å²) >= 11 is 0. The molecule has 142 valence electrons. The molecule has 3 rings (SSSR count). The number of nitriles is 1. The number of nitrogens with one attached hydrogen (secondary N) is 1. The Morgan fingerprint density at radius 3 is 2.79 bits per heavy atom. The maximum absolute atomic E-state index is 12.3. The van der Waals surface area contributed by atoms with Crippen molar-refractivity contribution in [2.24, 2.45) is 0 Å². The van der Waals surface area contributed by atoms with E-state index in [4.69, 9.17) is 9.15 Å². The van der Waals surface area contributed by atoms with Crippen molar-refractivity contribution in [2.75, 3.05) is 6.61 Å². The summed E-state index contributed by atoms with van der Waals surface area (Å²) in [6.45, 7) is 3.33. The lowest BCUT2D eigenvalue weighted by atomic mass is 10.2. The monoisotopic (exact) mass is 375 g/mol. The molecule has 28 heavy (non-hydrogen) atoms. The first kappa shape index (κ1) is 19.1. The third-order valence-corrected chi connectivity index (χ3v) is 4.15. The molecule has 1 amide bonds. The van der Waals surface area contributed by atoms with E-state index in [1.807, 2.05) is 60.2 Å². The van der Waals surface area contributed by atoms with Crippen LogP contribution in [0.4, 0.5) is 0 Å².